The van der Waals surface area contributed by atoms with Crippen molar-refractivity contribution in [1.82, 2.24) is 0 Å². The van der Waals surface area contributed by atoms with E-state index in [4.69, 9.17) is 9.47 Å². The van der Waals surface area contributed by atoms with E-state index in [1.54, 1.807) is 20.3 Å². The zero-order valence-electron chi connectivity index (χ0n) is 13.0. The Bertz CT molecular complexity index is 566. The average Bonchev–Trinajstić information content (AvgIpc) is 2.53. The van der Waals surface area contributed by atoms with E-state index in [-0.39, 0.29) is 0 Å². The molecule has 0 aliphatic heterocycles. The van der Waals surface area contributed by atoms with Crippen LogP contribution < -0.4 is 9.47 Å². The van der Waals surface area contributed by atoms with Gasteiger partial charge >= 0.3 is 0 Å². The minimum absolute atomic E-state index is 0.480. The van der Waals surface area contributed by atoms with E-state index < -0.39 is 6.10 Å². The third-order valence-corrected chi connectivity index (χ3v) is 3.61. The second-order valence-electron chi connectivity index (χ2n) is 5.37. The molecule has 0 heterocycles. The Kier molecular flexibility index (Phi) is 4.86. The van der Waals surface area contributed by atoms with E-state index in [0.29, 0.717) is 17.4 Å². The number of hydrogen-bond acceptors (Lipinski definition) is 3. The fourth-order valence-electron chi connectivity index (χ4n) is 2.24. The van der Waals surface area contributed by atoms with Crippen LogP contribution in [0.15, 0.2) is 42.5 Å². The molecule has 1 unspecified atom stereocenters. The molecule has 112 valence electrons. The molecule has 0 spiro atoms. The molecule has 2 aromatic rings. The molecule has 0 bridgehead atoms. The van der Waals surface area contributed by atoms with Crippen molar-refractivity contribution < 1.29 is 14.6 Å². The molecule has 1 N–H and O–H groups in total. The summed E-state index contributed by atoms with van der Waals surface area (Å²) in [7, 11) is 3.20. The van der Waals surface area contributed by atoms with Gasteiger partial charge in [-0.25, -0.2) is 0 Å². The van der Waals surface area contributed by atoms with E-state index in [1.165, 1.54) is 5.56 Å². The topological polar surface area (TPSA) is 38.7 Å². The van der Waals surface area contributed by atoms with Gasteiger partial charge in [-0.15, -0.1) is 0 Å². The second kappa shape index (κ2) is 6.64. The maximum atomic E-state index is 10.6. The third-order valence-electron chi connectivity index (χ3n) is 3.61. The molecular formula is C18H22O3. The molecule has 0 fully saturated rings. The van der Waals surface area contributed by atoms with E-state index >= 15 is 0 Å². The van der Waals surface area contributed by atoms with E-state index in [9.17, 15) is 5.11 Å². The van der Waals surface area contributed by atoms with Crippen LogP contribution in [0, 0.1) is 0 Å². The van der Waals surface area contributed by atoms with Gasteiger partial charge in [-0.2, -0.15) is 0 Å². The maximum Gasteiger partial charge on any atom is 0.122 e. The van der Waals surface area contributed by atoms with Crippen molar-refractivity contribution >= 4 is 0 Å². The minimum Gasteiger partial charge on any atom is -0.497 e. The fourth-order valence-corrected chi connectivity index (χ4v) is 2.24. The predicted molar refractivity (Wildman–Crippen MR) is 84.1 cm³/mol. The minimum atomic E-state index is -0.699. The zero-order chi connectivity index (χ0) is 15.4. The van der Waals surface area contributed by atoms with E-state index in [1.807, 2.05) is 24.3 Å². The van der Waals surface area contributed by atoms with Crippen LogP contribution in [-0.2, 0) is 0 Å². The van der Waals surface area contributed by atoms with Crippen molar-refractivity contribution in [3.63, 3.8) is 0 Å². The van der Waals surface area contributed by atoms with Gasteiger partial charge in [0.2, 0.25) is 0 Å². The van der Waals surface area contributed by atoms with Crippen molar-refractivity contribution in [1.29, 1.82) is 0 Å². The third kappa shape index (κ3) is 3.56. The lowest BCUT2D eigenvalue weighted by Crippen LogP contribution is -2.01. The maximum absolute atomic E-state index is 10.6. The van der Waals surface area contributed by atoms with Crippen LogP contribution in [-0.4, -0.2) is 19.3 Å². The molecule has 0 aliphatic rings. The summed E-state index contributed by atoms with van der Waals surface area (Å²) in [5.74, 6) is 1.82. The summed E-state index contributed by atoms with van der Waals surface area (Å²) >= 11 is 0. The summed E-state index contributed by atoms with van der Waals surface area (Å²) < 4.78 is 10.5. The Hall–Kier alpha value is -2.00. The first-order chi connectivity index (χ1) is 10.0. The molecule has 1 atom stereocenters. The van der Waals surface area contributed by atoms with Crippen molar-refractivity contribution in [2.75, 3.05) is 14.2 Å². The van der Waals surface area contributed by atoms with Gasteiger partial charge in [-0.1, -0.05) is 38.1 Å². The van der Waals surface area contributed by atoms with Crippen LogP contribution in [0.3, 0.4) is 0 Å². The highest BCUT2D eigenvalue weighted by Gasteiger charge is 2.13. The zero-order valence-corrected chi connectivity index (χ0v) is 13.0. The van der Waals surface area contributed by atoms with Gasteiger partial charge in [-0.05, 0) is 34.7 Å². The number of aliphatic hydroxyl groups is 1. The molecule has 0 aliphatic carbocycles. The number of methoxy groups -OCH3 is 2. The summed E-state index contributed by atoms with van der Waals surface area (Å²) in [6.45, 7) is 4.30. The summed E-state index contributed by atoms with van der Waals surface area (Å²) in [5.41, 5.74) is 2.87. The Balaban J connectivity index is 2.32. The Morgan fingerprint density at radius 3 is 1.67 bits per heavy atom. The first kappa shape index (κ1) is 15.4. The Labute approximate surface area is 126 Å². The number of aliphatic hydroxyl groups excluding tert-OH is 1. The van der Waals surface area contributed by atoms with Crippen molar-refractivity contribution in [3.8, 4) is 11.5 Å². The molecule has 0 amide bonds. The summed E-state index contributed by atoms with van der Waals surface area (Å²) in [5, 5.41) is 10.6. The molecule has 0 saturated carbocycles. The Morgan fingerprint density at radius 1 is 0.762 bits per heavy atom. The molecule has 3 nitrogen and oxygen atoms in total. The molecule has 2 rings (SSSR count). The van der Waals surface area contributed by atoms with Gasteiger partial charge in [0.05, 0.1) is 14.2 Å². The molecular weight excluding hydrogens is 264 g/mol. The lowest BCUT2D eigenvalue weighted by molar-refractivity contribution is 0.219. The number of rotatable bonds is 5. The first-order valence-electron chi connectivity index (χ1n) is 7.06. The Morgan fingerprint density at radius 2 is 1.24 bits per heavy atom. The van der Waals surface area contributed by atoms with Crippen LogP contribution in [0.2, 0.25) is 0 Å². The number of hydrogen-bond donors (Lipinski definition) is 1. The quantitative estimate of drug-likeness (QED) is 0.905. The standard InChI is InChI=1S/C18H22O3/c1-12(2)13-5-7-14(8-6-13)18(19)15-9-16(20-3)11-17(10-15)21-4/h5-12,18-19H,1-4H3. The highest BCUT2D eigenvalue weighted by Crippen LogP contribution is 2.30. The monoisotopic (exact) mass is 286 g/mol. The lowest BCUT2D eigenvalue weighted by atomic mass is 9.97. The van der Waals surface area contributed by atoms with Gasteiger partial charge in [0, 0.05) is 6.07 Å². The first-order valence-corrected chi connectivity index (χ1v) is 7.06. The highest BCUT2D eigenvalue weighted by atomic mass is 16.5. The average molecular weight is 286 g/mol. The normalized spacial score (nSPS) is 12.3. The molecule has 0 saturated heterocycles. The van der Waals surface area contributed by atoms with E-state index in [0.717, 1.165) is 11.1 Å². The number of ether oxygens (including phenoxy) is 2. The van der Waals surface area contributed by atoms with E-state index in [2.05, 4.69) is 26.0 Å². The molecule has 21 heavy (non-hydrogen) atoms. The SMILES string of the molecule is COc1cc(OC)cc(C(O)c2ccc(C(C)C)cc2)c1. The smallest absolute Gasteiger partial charge is 0.122 e. The van der Waals surface area contributed by atoms with Gasteiger partial charge in [0.15, 0.2) is 0 Å². The summed E-state index contributed by atoms with van der Waals surface area (Å²) in [4.78, 5) is 0. The van der Waals surface area contributed by atoms with Crippen molar-refractivity contribution in [2.45, 2.75) is 25.9 Å². The van der Waals surface area contributed by atoms with Crippen LogP contribution in [0.25, 0.3) is 0 Å². The highest BCUT2D eigenvalue weighted by molar-refractivity contribution is 5.42. The van der Waals surface area contributed by atoms with Gasteiger partial charge < -0.3 is 14.6 Å². The molecule has 3 heteroatoms. The largest absolute Gasteiger partial charge is 0.497 e. The van der Waals surface area contributed by atoms with Crippen LogP contribution >= 0.6 is 0 Å². The van der Waals surface area contributed by atoms with Gasteiger partial charge in [0.1, 0.15) is 17.6 Å². The molecule has 0 aromatic heterocycles. The number of benzene rings is 2. The predicted octanol–water partition coefficient (Wildman–Crippen LogP) is 3.91. The van der Waals surface area contributed by atoms with Crippen LogP contribution in [0.5, 0.6) is 11.5 Å². The van der Waals surface area contributed by atoms with Crippen LogP contribution in [0.1, 0.15) is 42.6 Å². The van der Waals surface area contributed by atoms with Crippen LogP contribution in [0.4, 0.5) is 0 Å². The second-order valence-corrected chi connectivity index (χ2v) is 5.37. The fraction of sp³-hybridized carbons (Fsp3) is 0.333. The molecule has 2 aromatic carbocycles. The summed E-state index contributed by atoms with van der Waals surface area (Å²) in [6.07, 6.45) is -0.699. The van der Waals surface area contributed by atoms with Gasteiger partial charge in [-0.3, -0.25) is 0 Å². The lowest BCUT2D eigenvalue weighted by Gasteiger charge is -2.15. The molecule has 0 radical (unpaired) electrons. The van der Waals surface area contributed by atoms with Crippen molar-refractivity contribution in [2.24, 2.45) is 0 Å². The summed E-state index contributed by atoms with van der Waals surface area (Å²) in [6, 6.07) is 13.5. The van der Waals surface area contributed by atoms with Gasteiger partial charge in [0.25, 0.3) is 0 Å². The van der Waals surface area contributed by atoms with Crippen molar-refractivity contribution in [3.05, 3.63) is 59.2 Å².